The fourth-order valence-electron chi connectivity index (χ4n) is 0.862. The molecule has 0 radical (unpaired) electrons. The van der Waals surface area contributed by atoms with Gasteiger partial charge in [-0.3, -0.25) is 9.97 Å². The summed E-state index contributed by atoms with van der Waals surface area (Å²) in [7, 11) is 0. The van der Waals surface area contributed by atoms with Crippen LogP contribution in [0.3, 0.4) is 0 Å². The lowest BCUT2D eigenvalue weighted by Gasteiger charge is -2.05. The van der Waals surface area contributed by atoms with Gasteiger partial charge < -0.3 is 5.11 Å². The van der Waals surface area contributed by atoms with E-state index in [1.54, 1.807) is 19.3 Å². The van der Waals surface area contributed by atoms with Crippen molar-refractivity contribution in [3.05, 3.63) is 23.8 Å². The normalized spacial score (nSPS) is 13.4. The maximum atomic E-state index is 9.15. The molecule has 0 saturated carbocycles. The first-order valence-electron chi connectivity index (χ1n) is 4.11. The van der Waals surface area contributed by atoms with Gasteiger partial charge in [-0.1, -0.05) is 13.8 Å². The summed E-state index contributed by atoms with van der Waals surface area (Å²) in [5.41, 5.74) is 1.58. The molecule has 1 aromatic heterocycles. The van der Waals surface area contributed by atoms with E-state index in [9.17, 15) is 0 Å². The fourth-order valence-corrected chi connectivity index (χ4v) is 0.862. The van der Waals surface area contributed by atoms with Crippen LogP contribution in [0, 0.1) is 0 Å². The maximum absolute atomic E-state index is 9.15. The molecule has 3 heteroatoms. The first kappa shape index (κ1) is 9.13. The lowest BCUT2D eigenvalue weighted by Crippen LogP contribution is -2.00. The highest BCUT2D eigenvalue weighted by atomic mass is 16.3. The van der Waals surface area contributed by atoms with Gasteiger partial charge in [-0.15, -0.1) is 0 Å². The molecule has 0 aliphatic carbocycles. The van der Waals surface area contributed by atoms with Crippen LogP contribution in [0.25, 0.3) is 0 Å². The largest absolute Gasteiger partial charge is 0.387 e. The van der Waals surface area contributed by atoms with Crippen LogP contribution in [0.2, 0.25) is 0 Å². The predicted molar refractivity (Wildman–Crippen MR) is 46.8 cm³/mol. The minimum atomic E-state index is -0.529. The van der Waals surface area contributed by atoms with Gasteiger partial charge in [0.15, 0.2) is 0 Å². The highest BCUT2D eigenvalue weighted by Crippen LogP contribution is 2.12. The van der Waals surface area contributed by atoms with Gasteiger partial charge in [-0.05, 0) is 12.8 Å². The smallest absolute Gasteiger partial charge is 0.0947 e. The molecule has 1 N–H and O–H groups in total. The van der Waals surface area contributed by atoms with Crippen molar-refractivity contribution in [2.75, 3.05) is 0 Å². The zero-order valence-corrected chi connectivity index (χ0v) is 7.65. The summed E-state index contributed by atoms with van der Waals surface area (Å²) in [4.78, 5) is 8.26. The van der Waals surface area contributed by atoms with E-state index in [1.165, 1.54) is 0 Å². The molecule has 12 heavy (non-hydrogen) atoms. The van der Waals surface area contributed by atoms with Crippen molar-refractivity contribution in [2.24, 2.45) is 0 Å². The number of aliphatic hydroxyl groups excluding tert-OH is 1. The molecule has 0 spiro atoms. The van der Waals surface area contributed by atoms with E-state index in [0.29, 0.717) is 11.6 Å². The van der Waals surface area contributed by atoms with Crippen molar-refractivity contribution in [3.8, 4) is 0 Å². The van der Waals surface area contributed by atoms with E-state index in [-0.39, 0.29) is 0 Å². The van der Waals surface area contributed by atoms with E-state index in [2.05, 4.69) is 23.8 Å². The molecule has 3 nitrogen and oxygen atoms in total. The Bertz CT molecular complexity index is 214. The van der Waals surface area contributed by atoms with Gasteiger partial charge >= 0.3 is 0 Å². The Labute approximate surface area is 72.5 Å². The van der Waals surface area contributed by atoms with E-state index >= 15 is 0 Å². The second kappa shape index (κ2) is 3.63. The van der Waals surface area contributed by atoms with E-state index in [1.807, 2.05) is 0 Å². The number of hydrogen-bond donors (Lipinski definition) is 1. The predicted octanol–water partition coefficient (Wildman–Crippen LogP) is 1.65. The molecule has 66 valence electrons. The summed E-state index contributed by atoms with van der Waals surface area (Å²) in [5, 5.41) is 9.15. The molecule has 0 fully saturated rings. The zero-order valence-electron chi connectivity index (χ0n) is 7.65. The summed E-state index contributed by atoms with van der Waals surface area (Å²) in [6.07, 6.45) is 2.81. The van der Waals surface area contributed by atoms with Gasteiger partial charge in [0.2, 0.25) is 0 Å². The van der Waals surface area contributed by atoms with Crippen LogP contribution in [0.4, 0.5) is 0 Å². The molecule has 0 bridgehead atoms. The van der Waals surface area contributed by atoms with Crippen LogP contribution < -0.4 is 0 Å². The average molecular weight is 166 g/mol. The molecule has 0 amide bonds. The standard InChI is InChI=1S/C9H14N2O/c1-6(2)8-4-11-9(5-10-8)7(3)12/h4-7,12H,1-3H3. The zero-order chi connectivity index (χ0) is 9.14. The van der Waals surface area contributed by atoms with E-state index in [4.69, 9.17) is 5.11 Å². The SMILES string of the molecule is CC(C)c1cnc(C(C)O)cn1. The Hall–Kier alpha value is -0.960. The fraction of sp³-hybridized carbons (Fsp3) is 0.556. The minimum absolute atomic E-state index is 0.389. The van der Waals surface area contributed by atoms with Crippen molar-refractivity contribution in [1.82, 2.24) is 9.97 Å². The Morgan fingerprint density at radius 3 is 1.92 bits per heavy atom. The van der Waals surface area contributed by atoms with Crippen LogP contribution in [0.15, 0.2) is 12.4 Å². The van der Waals surface area contributed by atoms with Crippen molar-refractivity contribution >= 4 is 0 Å². The van der Waals surface area contributed by atoms with E-state index < -0.39 is 6.10 Å². The van der Waals surface area contributed by atoms with Crippen LogP contribution in [-0.4, -0.2) is 15.1 Å². The van der Waals surface area contributed by atoms with Gasteiger partial charge in [0.1, 0.15) is 0 Å². The minimum Gasteiger partial charge on any atom is -0.387 e. The maximum Gasteiger partial charge on any atom is 0.0947 e. The van der Waals surface area contributed by atoms with Crippen LogP contribution >= 0.6 is 0 Å². The summed E-state index contributed by atoms with van der Waals surface area (Å²) in [5.74, 6) is 0.389. The first-order chi connectivity index (χ1) is 5.61. The third kappa shape index (κ3) is 2.01. The van der Waals surface area contributed by atoms with Crippen molar-refractivity contribution in [2.45, 2.75) is 32.8 Å². The van der Waals surface area contributed by atoms with Crippen molar-refractivity contribution < 1.29 is 5.11 Å². The summed E-state index contributed by atoms with van der Waals surface area (Å²) < 4.78 is 0. The summed E-state index contributed by atoms with van der Waals surface area (Å²) >= 11 is 0. The molecule has 1 atom stereocenters. The third-order valence-corrected chi connectivity index (χ3v) is 1.71. The van der Waals surface area contributed by atoms with Gasteiger partial charge in [0, 0.05) is 6.20 Å². The number of rotatable bonds is 2. The lowest BCUT2D eigenvalue weighted by atomic mass is 10.1. The molecule has 1 aromatic rings. The second-order valence-corrected chi connectivity index (χ2v) is 3.20. The molecule has 1 unspecified atom stereocenters. The highest BCUT2D eigenvalue weighted by molar-refractivity contribution is 5.06. The lowest BCUT2D eigenvalue weighted by molar-refractivity contribution is 0.193. The number of aliphatic hydroxyl groups is 1. The topological polar surface area (TPSA) is 46.0 Å². The second-order valence-electron chi connectivity index (χ2n) is 3.20. The monoisotopic (exact) mass is 166 g/mol. The Balaban J connectivity index is 2.86. The van der Waals surface area contributed by atoms with Gasteiger partial charge in [0.25, 0.3) is 0 Å². The molecule has 1 heterocycles. The third-order valence-electron chi connectivity index (χ3n) is 1.71. The van der Waals surface area contributed by atoms with Crippen LogP contribution in [-0.2, 0) is 0 Å². The molecular formula is C9H14N2O. The quantitative estimate of drug-likeness (QED) is 0.726. The number of hydrogen-bond acceptors (Lipinski definition) is 3. The van der Waals surface area contributed by atoms with Gasteiger partial charge in [-0.2, -0.15) is 0 Å². The van der Waals surface area contributed by atoms with Crippen LogP contribution in [0.5, 0.6) is 0 Å². The Kier molecular flexibility index (Phi) is 2.76. The van der Waals surface area contributed by atoms with Crippen molar-refractivity contribution in [3.63, 3.8) is 0 Å². The Morgan fingerprint density at radius 2 is 1.58 bits per heavy atom. The summed E-state index contributed by atoms with van der Waals surface area (Å²) in [6.45, 7) is 5.80. The van der Waals surface area contributed by atoms with Gasteiger partial charge in [0.05, 0.1) is 23.7 Å². The average Bonchev–Trinajstić information content (AvgIpc) is 2.04. The highest BCUT2D eigenvalue weighted by Gasteiger charge is 2.04. The van der Waals surface area contributed by atoms with Crippen molar-refractivity contribution in [1.29, 1.82) is 0 Å². The molecule has 1 rings (SSSR count). The molecule has 0 aliphatic heterocycles. The summed E-state index contributed by atoms with van der Waals surface area (Å²) in [6, 6.07) is 0. The molecule has 0 saturated heterocycles. The molecule has 0 aromatic carbocycles. The van der Waals surface area contributed by atoms with Gasteiger partial charge in [-0.25, -0.2) is 0 Å². The number of aromatic nitrogens is 2. The molecule has 0 aliphatic rings. The molecular weight excluding hydrogens is 152 g/mol. The first-order valence-corrected chi connectivity index (χ1v) is 4.11. The van der Waals surface area contributed by atoms with E-state index in [0.717, 1.165) is 5.69 Å². The van der Waals surface area contributed by atoms with Crippen LogP contribution in [0.1, 0.15) is 44.2 Å². The Morgan fingerprint density at radius 1 is 1.08 bits per heavy atom. The number of nitrogens with zero attached hydrogens (tertiary/aromatic N) is 2.